The lowest BCUT2D eigenvalue weighted by molar-refractivity contribution is 0.169. The number of thiophene rings is 1. The number of aliphatic hydroxyl groups is 1. The molecule has 1 atom stereocenters. The van der Waals surface area contributed by atoms with E-state index in [1.54, 1.807) is 0 Å². The molecule has 2 rings (SSSR count). The fourth-order valence-electron chi connectivity index (χ4n) is 1.59. The predicted octanol–water partition coefficient (Wildman–Crippen LogP) is 4.06. The molecule has 0 saturated carbocycles. The lowest BCUT2D eigenvalue weighted by Crippen LogP contribution is -2.06. The molecule has 0 radical (unpaired) electrons. The summed E-state index contributed by atoms with van der Waals surface area (Å²) in [4.78, 5) is 0.888. The van der Waals surface area contributed by atoms with Crippen molar-refractivity contribution < 1.29 is 13.9 Å². The fraction of sp³-hybridized carbons (Fsp3) is 0.167. The zero-order chi connectivity index (χ0) is 12.4. The van der Waals surface area contributed by atoms with Crippen molar-refractivity contribution in [2.45, 2.75) is 12.5 Å². The average molecular weight is 319 g/mol. The zero-order valence-electron chi connectivity index (χ0n) is 8.66. The molecule has 0 aliphatic rings. The highest BCUT2D eigenvalue weighted by molar-refractivity contribution is 9.10. The summed E-state index contributed by atoms with van der Waals surface area (Å²) in [7, 11) is 0. The normalized spacial score (nSPS) is 12.7. The third-order valence-corrected chi connectivity index (χ3v) is 3.71. The van der Waals surface area contributed by atoms with Crippen LogP contribution in [0.4, 0.5) is 8.78 Å². The molecule has 1 aromatic carbocycles. The molecule has 5 heteroatoms. The van der Waals surface area contributed by atoms with Crippen molar-refractivity contribution in [2.75, 3.05) is 0 Å². The maximum absolute atomic E-state index is 13.6. The van der Waals surface area contributed by atoms with Crippen LogP contribution in [0, 0.1) is 11.6 Å². The van der Waals surface area contributed by atoms with Gasteiger partial charge in [-0.3, -0.25) is 0 Å². The Balaban J connectivity index is 2.27. The highest BCUT2D eigenvalue weighted by Crippen LogP contribution is 2.28. The second kappa shape index (κ2) is 5.25. The molecule has 90 valence electrons. The maximum Gasteiger partial charge on any atom is 0.133 e. The van der Waals surface area contributed by atoms with Gasteiger partial charge < -0.3 is 5.11 Å². The molecule has 2 aromatic rings. The first kappa shape index (κ1) is 12.7. The molecular weight excluding hydrogens is 310 g/mol. The highest BCUT2D eigenvalue weighted by atomic mass is 79.9. The second-order valence-electron chi connectivity index (χ2n) is 3.58. The van der Waals surface area contributed by atoms with Gasteiger partial charge in [-0.2, -0.15) is 0 Å². The zero-order valence-corrected chi connectivity index (χ0v) is 11.1. The van der Waals surface area contributed by atoms with E-state index >= 15 is 0 Å². The van der Waals surface area contributed by atoms with Crippen molar-refractivity contribution in [2.24, 2.45) is 0 Å². The number of hydrogen-bond acceptors (Lipinski definition) is 2. The summed E-state index contributed by atoms with van der Waals surface area (Å²) in [5, 5.41) is 11.7. The maximum atomic E-state index is 13.6. The molecule has 1 nitrogen and oxygen atoms in total. The van der Waals surface area contributed by atoms with E-state index in [0.717, 1.165) is 17.0 Å². The molecule has 0 aliphatic heterocycles. The monoisotopic (exact) mass is 318 g/mol. The Hall–Kier alpha value is -0.780. The number of aliphatic hydroxyl groups excluding tert-OH is 1. The van der Waals surface area contributed by atoms with Crippen LogP contribution >= 0.6 is 27.3 Å². The van der Waals surface area contributed by atoms with E-state index in [2.05, 4.69) is 15.9 Å². The predicted molar refractivity (Wildman–Crippen MR) is 67.0 cm³/mol. The molecule has 0 saturated heterocycles. The van der Waals surface area contributed by atoms with E-state index in [-0.39, 0.29) is 12.0 Å². The number of benzene rings is 1. The van der Waals surface area contributed by atoms with Gasteiger partial charge in [-0.05, 0) is 23.6 Å². The van der Waals surface area contributed by atoms with Crippen molar-refractivity contribution in [1.29, 1.82) is 0 Å². The van der Waals surface area contributed by atoms with Crippen molar-refractivity contribution in [3.05, 3.63) is 56.2 Å². The van der Waals surface area contributed by atoms with Gasteiger partial charge in [0.25, 0.3) is 0 Å². The summed E-state index contributed by atoms with van der Waals surface area (Å²) in [6.07, 6.45) is -0.950. The van der Waals surface area contributed by atoms with Gasteiger partial charge in [0.15, 0.2) is 0 Å². The molecule has 0 fully saturated rings. The Morgan fingerprint density at radius 3 is 2.47 bits per heavy atom. The van der Waals surface area contributed by atoms with Gasteiger partial charge in [0.1, 0.15) is 11.6 Å². The van der Waals surface area contributed by atoms with Gasteiger partial charge in [-0.1, -0.05) is 22.0 Å². The Bertz CT molecular complexity index is 490. The first-order valence-corrected chi connectivity index (χ1v) is 6.60. The summed E-state index contributed by atoms with van der Waals surface area (Å²) < 4.78 is 27.4. The minimum absolute atomic E-state index is 0.215. The lowest BCUT2D eigenvalue weighted by atomic mass is 10.0. The molecule has 1 aromatic heterocycles. The Morgan fingerprint density at radius 2 is 1.94 bits per heavy atom. The van der Waals surface area contributed by atoms with Crippen LogP contribution in [0.15, 0.2) is 34.1 Å². The van der Waals surface area contributed by atoms with E-state index in [1.807, 2.05) is 17.5 Å². The minimum Gasteiger partial charge on any atom is -0.388 e. The summed E-state index contributed by atoms with van der Waals surface area (Å²) >= 11 is 4.44. The molecule has 0 spiro atoms. The van der Waals surface area contributed by atoms with Crippen LogP contribution in [0.25, 0.3) is 0 Å². The average Bonchev–Trinajstić information content (AvgIpc) is 2.68. The number of rotatable bonds is 3. The first-order valence-electron chi connectivity index (χ1n) is 4.93. The van der Waals surface area contributed by atoms with Crippen molar-refractivity contribution >= 4 is 27.3 Å². The molecular formula is C12H9BrF2OS. The van der Waals surface area contributed by atoms with Crippen LogP contribution < -0.4 is 0 Å². The van der Waals surface area contributed by atoms with E-state index in [0.29, 0.717) is 4.47 Å². The van der Waals surface area contributed by atoms with Gasteiger partial charge in [-0.15, -0.1) is 11.3 Å². The van der Waals surface area contributed by atoms with Gasteiger partial charge in [0.05, 0.1) is 11.7 Å². The van der Waals surface area contributed by atoms with Gasteiger partial charge >= 0.3 is 0 Å². The SMILES string of the molecule is OC(Cc1cccs1)c1c(F)cc(Br)cc1F. The smallest absolute Gasteiger partial charge is 0.133 e. The summed E-state index contributed by atoms with van der Waals surface area (Å²) in [5.74, 6) is -1.47. The molecule has 0 bridgehead atoms. The highest BCUT2D eigenvalue weighted by Gasteiger charge is 2.19. The molecule has 1 heterocycles. The molecule has 1 N–H and O–H groups in total. The van der Waals surface area contributed by atoms with Crippen LogP contribution in [0.1, 0.15) is 16.5 Å². The van der Waals surface area contributed by atoms with Crippen molar-refractivity contribution in [3.8, 4) is 0 Å². The van der Waals surface area contributed by atoms with E-state index in [4.69, 9.17) is 0 Å². The van der Waals surface area contributed by atoms with Gasteiger partial charge in [0.2, 0.25) is 0 Å². The Labute approximate surface area is 110 Å². The first-order chi connectivity index (χ1) is 8.08. The molecule has 0 amide bonds. The summed E-state index contributed by atoms with van der Waals surface area (Å²) in [5.41, 5.74) is -0.276. The standard InChI is InChI=1S/C12H9BrF2OS/c13-7-4-9(14)12(10(15)5-7)11(16)6-8-2-1-3-17-8/h1-5,11,16H,6H2. The largest absolute Gasteiger partial charge is 0.388 e. The van der Waals surface area contributed by atoms with Gasteiger partial charge in [-0.25, -0.2) is 8.78 Å². The number of halogens is 3. The van der Waals surface area contributed by atoms with Crippen LogP contribution in [-0.2, 0) is 6.42 Å². The third kappa shape index (κ3) is 2.91. The minimum atomic E-state index is -1.17. The van der Waals surface area contributed by atoms with E-state index in [1.165, 1.54) is 11.3 Å². The number of hydrogen-bond donors (Lipinski definition) is 1. The van der Waals surface area contributed by atoms with Crippen LogP contribution in [-0.4, -0.2) is 5.11 Å². The molecule has 17 heavy (non-hydrogen) atoms. The van der Waals surface area contributed by atoms with Crippen molar-refractivity contribution in [1.82, 2.24) is 0 Å². The van der Waals surface area contributed by atoms with Crippen LogP contribution in [0.5, 0.6) is 0 Å². The molecule has 0 aliphatic carbocycles. The molecule has 1 unspecified atom stereocenters. The van der Waals surface area contributed by atoms with E-state index < -0.39 is 17.7 Å². The quantitative estimate of drug-likeness (QED) is 0.904. The topological polar surface area (TPSA) is 20.2 Å². The summed E-state index contributed by atoms with van der Waals surface area (Å²) in [6.45, 7) is 0. The van der Waals surface area contributed by atoms with Gasteiger partial charge in [0, 0.05) is 15.8 Å². The fourth-order valence-corrected chi connectivity index (χ4v) is 2.74. The lowest BCUT2D eigenvalue weighted by Gasteiger charge is -2.12. The van der Waals surface area contributed by atoms with Crippen molar-refractivity contribution in [3.63, 3.8) is 0 Å². The summed E-state index contributed by atoms with van der Waals surface area (Å²) in [6, 6.07) is 5.95. The third-order valence-electron chi connectivity index (χ3n) is 2.35. The van der Waals surface area contributed by atoms with E-state index in [9.17, 15) is 13.9 Å². The second-order valence-corrected chi connectivity index (χ2v) is 5.53. The Kier molecular flexibility index (Phi) is 3.91. The van der Waals surface area contributed by atoms with Crippen LogP contribution in [0.3, 0.4) is 0 Å². The Morgan fingerprint density at radius 1 is 1.29 bits per heavy atom. The van der Waals surface area contributed by atoms with Crippen LogP contribution in [0.2, 0.25) is 0 Å².